The van der Waals surface area contributed by atoms with E-state index in [1.54, 1.807) is 74.9 Å². The Bertz CT molecular complexity index is 1940. The topological polar surface area (TPSA) is 116 Å². The van der Waals surface area contributed by atoms with Crippen LogP contribution in [0.3, 0.4) is 0 Å². The summed E-state index contributed by atoms with van der Waals surface area (Å²) in [6.45, 7) is 0.0794. The van der Waals surface area contributed by atoms with Crippen molar-refractivity contribution in [2.75, 3.05) is 33.8 Å². The van der Waals surface area contributed by atoms with E-state index in [0.29, 0.717) is 33.6 Å². The first kappa shape index (κ1) is 33.2. The third-order valence-corrected chi connectivity index (χ3v) is 9.36. The predicted octanol–water partition coefficient (Wildman–Crippen LogP) is 5.98. The molecule has 0 saturated carbocycles. The van der Waals surface area contributed by atoms with Gasteiger partial charge in [-0.05, 0) is 71.8 Å². The monoisotopic (exact) mass is 659 g/mol. The number of benzene rings is 4. The summed E-state index contributed by atoms with van der Waals surface area (Å²) in [5.41, 5.74) is 2.00. The zero-order chi connectivity index (χ0) is 33.6. The Morgan fingerprint density at radius 3 is 1.94 bits per heavy atom. The number of ether oxygens (including phenoxy) is 4. The molecule has 0 atom stereocenters. The molecule has 0 saturated heterocycles. The van der Waals surface area contributed by atoms with Crippen LogP contribution in [0.4, 0.5) is 10.1 Å². The van der Waals surface area contributed by atoms with E-state index in [1.807, 2.05) is 0 Å². The van der Waals surface area contributed by atoms with Gasteiger partial charge in [-0.2, -0.15) is 4.31 Å². The molecule has 12 heteroatoms. The van der Waals surface area contributed by atoms with E-state index in [2.05, 4.69) is 10.3 Å². The fourth-order valence-electron chi connectivity index (χ4n) is 5.17. The van der Waals surface area contributed by atoms with Gasteiger partial charge in [0.2, 0.25) is 21.8 Å². The number of halogens is 1. The van der Waals surface area contributed by atoms with Gasteiger partial charge in [-0.1, -0.05) is 24.3 Å². The molecule has 4 aromatic carbocycles. The van der Waals surface area contributed by atoms with Crippen LogP contribution in [0.1, 0.15) is 16.7 Å². The van der Waals surface area contributed by atoms with E-state index >= 15 is 0 Å². The summed E-state index contributed by atoms with van der Waals surface area (Å²) in [5.74, 6) is 0.789. The molecule has 5 rings (SSSR count). The van der Waals surface area contributed by atoms with E-state index < -0.39 is 21.7 Å². The number of hydrogen-bond acceptors (Lipinski definition) is 8. The maximum Gasteiger partial charge on any atom is 0.244 e. The second kappa shape index (κ2) is 14.5. The van der Waals surface area contributed by atoms with Crippen molar-refractivity contribution in [3.8, 4) is 23.1 Å². The Labute approximate surface area is 272 Å². The molecule has 5 aromatic rings. The molecule has 0 aliphatic heterocycles. The molecule has 1 amide bonds. The molecule has 0 fully saturated rings. The predicted molar refractivity (Wildman–Crippen MR) is 176 cm³/mol. The van der Waals surface area contributed by atoms with E-state index in [9.17, 15) is 17.6 Å². The Morgan fingerprint density at radius 2 is 1.38 bits per heavy atom. The highest BCUT2D eigenvalue weighted by molar-refractivity contribution is 7.89. The van der Waals surface area contributed by atoms with Crippen LogP contribution in [0, 0.1) is 5.82 Å². The Hall–Kier alpha value is -5.20. The second-order valence-electron chi connectivity index (χ2n) is 10.5. The van der Waals surface area contributed by atoms with Crippen molar-refractivity contribution in [2.45, 2.75) is 24.4 Å². The Morgan fingerprint density at radius 1 is 0.766 bits per heavy atom. The van der Waals surface area contributed by atoms with Crippen LogP contribution in [0.25, 0.3) is 10.8 Å². The number of carbonyl (C=O) groups is 1. The third-order valence-electron chi connectivity index (χ3n) is 7.53. The zero-order valence-electron chi connectivity index (χ0n) is 26.3. The number of fused-ring (bicyclic) bond motifs is 1. The van der Waals surface area contributed by atoms with Gasteiger partial charge in [-0.3, -0.25) is 4.79 Å². The number of rotatable bonds is 13. The molecule has 0 radical (unpaired) electrons. The number of amides is 1. The average molecular weight is 660 g/mol. The number of methoxy groups -OCH3 is 4. The zero-order valence-corrected chi connectivity index (χ0v) is 27.1. The van der Waals surface area contributed by atoms with Gasteiger partial charge in [0.1, 0.15) is 23.1 Å². The van der Waals surface area contributed by atoms with Gasteiger partial charge >= 0.3 is 0 Å². The molecular formula is C35H34FN3O7S. The maximum atomic E-state index is 14.7. The van der Waals surface area contributed by atoms with Crippen molar-refractivity contribution in [2.24, 2.45) is 0 Å². The van der Waals surface area contributed by atoms with Gasteiger partial charge in [0.25, 0.3) is 0 Å². The summed E-state index contributed by atoms with van der Waals surface area (Å²) in [4.78, 5) is 17.4. The highest BCUT2D eigenvalue weighted by atomic mass is 32.2. The summed E-state index contributed by atoms with van der Waals surface area (Å²) >= 11 is 0. The van der Waals surface area contributed by atoms with Crippen molar-refractivity contribution in [1.29, 1.82) is 0 Å². The number of sulfonamides is 1. The molecule has 10 nitrogen and oxygen atoms in total. The average Bonchev–Trinajstić information content (AvgIpc) is 3.08. The number of anilines is 1. The lowest BCUT2D eigenvalue weighted by Crippen LogP contribution is -2.30. The van der Waals surface area contributed by atoms with Crippen molar-refractivity contribution in [3.63, 3.8) is 0 Å². The van der Waals surface area contributed by atoms with E-state index in [0.717, 1.165) is 11.1 Å². The number of carbonyl (C=O) groups excluding carboxylic acids is 1. The third kappa shape index (κ3) is 7.62. The first-order valence-corrected chi connectivity index (χ1v) is 15.9. The van der Waals surface area contributed by atoms with Gasteiger partial charge in [0.05, 0.1) is 39.8 Å². The lowest BCUT2D eigenvalue weighted by Gasteiger charge is -2.24. The molecule has 1 N–H and O–H groups in total. The second-order valence-corrected chi connectivity index (χ2v) is 12.4. The number of aromatic nitrogens is 1. The maximum absolute atomic E-state index is 14.7. The molecule has 244 valence electrons. The fraction of sp³-hybridized carbons (Fsp3) is 0.200. The van der Waals surface area contributed by atoms with Crippen LogP contribution < -0.4 is 24.3 Å². The molecule has 0 aliphatic rings. The molecule has 1 aromatic heterocycles. The number of pyridine rings is 1. The standard InChI is InChI=1S/C35H34FN3O7S/c1-43-28-10-5-23(6-11-28)21-39(22-24-7-12-29(44-2)13-8-24)47(41,42)33-20-27(19-31-30(33)15-16-37-35(31)46-4)38-34(40)18-25-17-26(36)9-14-32(25)45-3/h5-17,19-20H,18,21-22H2,1-4H3,(H,38,40). The highest BCUT2D eigenvalue weighted by Gasteiger charge is 2.29. The van der Waals surface area contributed by atoms with Gasteiger partial charge in [0, 0.05) is 41.3 Å². The SMILES string of the molecule is COc1ccc(CN(Cc2ccc(OC)cc2)S(=O)(=O)c2cc(NC(=O)Cc3cc(F)ccc3OC)cc3c(OC)nccc23)cc1. The van der Waals surface area contributed by atoms with Crippen LogP contribution in [0.2, 0.25) is 0 Å². The van der Waals surface area contributed by atoms with Crippen LogP contribution in [0.15, 0.2) is 96.0 Å². The van der Waals surface area contributed by atoms with Gasteiger partial charge in [-0.25, -0.2) is 17.8 Å². The Balaban J connectivity index is 1.58. The molecular weight excluding hydrogens is 625 g/mol. The van der Waals surface area contributed by atoms with Crippen molar-refractivity contribution >= 4 is 32.4 Å². The van der Waals surface area contributed by atoms with Crippen molar-refractivity contribution in [3.05, 3.63) is 114 Å². The minimum atomic E-state index is -4.25. The largest absolute Gasteiger partial charge is 0.497 e. The molecule has 0 spiro atoms. The first-order valence-electron chi connectivity index (χ1n) is 14.5. The summed E-state index contributed by atoms with van der Waals surface area (Å²) in [6.07, 6.45) is 1.25. The quantitative estimate of drug-likeness (QED) is 0.164. The van der Waals surface area contributed by atoms with E-state index in [4.69, 9.17) is 18.9 Å². The Kier molecular flexibility index (Phi) is 10.2. The minimum Gasteiger partial charge on any atom is -0.497 e. The van der Waals surface area contributed by atoms with Gasteiger partial charge in [-0.15, -0.1) is 0 Å². The lowest BCUT2D eigenvalue weighted by molar-refractivity contribution is -0.115. The van der Waals surface area contributed by atoms with Crippen LogP contribution in [-0.2, 0) is 34.3 Å². The van der Waals surface area contributed by atoms with Crippen LogP contribution >= 0.6 is 0 Å². The smallest absolute Gasteiger partial charge is 0.244 e. The first-order chi connectivity index (χ1) is 22.6. The highest BCUT2D eigenvalue weighted by Crippen LogP contribution is 2.35. The van der Waals surface area contributed by atoms with E-state index in [1.165, 1.54) is 49.0 Å². The molecule has 47 heavy (non-hydrogen) atoms. The summed E-state index contributed by atoms with van der Waals surface area (Å²) in [5, 5.41) is 3.51. The number of hydrogen-bond donors (Lipinski definition) is 1. The van der Waals surface area contributed by atoms with Crippen molar-refractivity contribution < 1.29 is 36.6 Å². The molecule has 1 heterocycles. The minimum absolute atomic E-state index is 0.0397. The van der Waals surface area contributed by atoms with Crippen LogP contribution in [0.5, 0.6) is 23.1 Å². The molecule has 0 unspecified atom stereocenters. The normalized spacial score (nSPS) is 11.4. The number of nitrogens with one attached hydrogen (secondary N) is 1. The van der Waals surface area contributed by atoms with Crippen molar-refractivity contribution in [1.82, 2.24) is 9.29 Å². The lowest BCUT2D eigenvalue weighted by atomic mass is 10.1. The van der Waals surface area contributed by atoms with Gasteiger partial charge in [0.15, 0.2) is 0 Å². The summed E-state index contributed by atoms with van der Waals surface area (Å²) in [6, 6.07) is 22.8. The van der Waals surface area contributed by atoms with E-state index in [-0.39, 0.29) is 36.0 Å². The fourth-order valence-corrected chi connectivity index (χ4v) is 6.82. The summed E-state index contributed by atoms with van der Waals surface area (Å²) in [7, 11) is 1.73. The molecule has 0 aliphatic carbocycles. The van der Waals surface area contributed by atoms with Crippen LogP contribution in [-0.4, -0.2) is 52.1 Å². The molecule has 0 bridgehead atoms. The number of nitrogens with zero attached hydrogens (tertiary/aromatic N) is 2. The van der Waals surface area contributed by atoms with Gasteiger partial charge < -0.3 is 24.3 Å². The summed E-state index contributed by atoms with van der Waals surface area (Å²) < 4.78 is 66.0.